The van der Waals surface area contributed by atoms with E-state index in [1.165, 1.54) is 5.56 Å². The topological polar surface area (TPSA) is 26.3 Å². The first-order valence-electron chi connectivity index (χ1n) is 6.61. The van der Waals surface area contributed by atoms with Crippen molar-refractivity contribution in [3.05, 3.63) is 29.3 Å². The second kappa shape index (κ2) is 5.85. The summed E-state index contributed by atoms with van der Waals surface area (Å²) in [6.07, 6.45) is 6.00. The molecule has 0 radical (unpaired) electrons. The standard InChI is InChI=1S/C15H20O2/c1-2-3-4-10-14(16)13-9-5-7-12-8-6-11-17-15(12)13/h5,7,9H,2-4,6,8,10-11H2,1H3. The third-order valence-electron chi connectivity index (χ3n) is 3.24. The fourth-order valence-electron chi connectivity index (χ4n) is 2.28. The number of rotatable bonds is 5. The van der Waals surface area contributed by atoms with Crippen LogP contribution in [0.3, 0.4) is 0 Å². The predicted molar refractivity (Wildman–Crippen MR) is 68.7 cm³/mol. The molecule has 0 aromatic heterocycles. The molecule has 17 heavy (non-hydrogen) atoms. The minimum Gasteiger partial charge on any atom is -0.493 e. The van der Waals surface area contributed by atoms with Gasteiger partial charge in [0.15, 0.2) is 5.78 Å². The molecule has 0 amide bonds. The van der Waals surface area contributed by atoms with E-state index in [0.29, 0.717) is 6.42 Å². The summed E-state index contributed by atoms with van der Waals surface area (Å²) in [6, 6.07) is 5.94. The van der Waals surface area contributed by atoms with Crippen molar-refractivity contribution in [2.24, 2.45) is 0 Å². The van der Waals surface area contributed by atoms with Gasteiger partial charge in [-0.25, -0.2) is 0 Å². The minimum absolute atomic E-state index is 0.234. The lowest BCUT2D eigenvalue weighted by Gasteiger charge is -2.19. The molecule has 0 saturated carbocycles. The molecule has 1 aliphatic heterocycles. The van der Waals surface area contributed by atoms with E-state index >= 15 is 0 Å². The maximum atomic E-state index is 12.1. The minimum atomic E-state index is 0.234. The summed E-state index contributed by atoms with van der Waals surface area (Å²) in [5.74, 6) is 1.08. The van der Waals surface area contributed by atoms with Crippen LogP contribution in [0, 0.1) is 0 Å². The summed E-state index contributed by atoms with van der Waals surface area (Å²) in [6.45, 7) is 2.89. The highest BCUT2D eigenvalue weighted by Crippen LogP contribution is 2.30. The highest BCUT2D eigenvalue weighted by molar-refractivity contribution is 5.99. The van der Waals surface area contributed by atoms with Crippen molar-refractivity contribution in [2.45, 2.75) is 45.4 Å². The summed E-state index contributed by atoms with van der Waals surface area (Å²) in [5, 5.41) is 0. The number of Topliss-reactive ketones (excluding diaryl/α,β-unsaturated/α-hetero) is 1. The summed E-state index contributed by atoms with van der Waals surface area (Å²) in [5.41, 5.74) is 1.98. The van der Waals surface area contributed by atoms with Crippen LogP contribution in [0.15, 0.2) is 18.2 Å². The maximum absolute atomic E-state index is 12.1. The molecule has 0 spiro atoms. The second-order valence-electron chi connectivity index (χ2n) is 4.63. The van der Waals surface area contributed by atoms with E-state index in [2.05, 4.69) is 13.0 Å². The number of ether oxygens (including phenoxy) is 1. The van der Waals surface area contributed by atoms with Crippen LogP contribution in [0.2, 0.25) is 0 Å². The number of ketones is 1. The first-order valence-corrected chi connectivity index (χ1v) is 6.61. The Kier molecular flexibility index (Phi) is 4.18. The zero-order chi connectivity index (χ0) is 12.1. The van der Waals surface area contributed by atoms with E-state index in [4.69, 9.17) is 4.74 Å². The van der Waals surface area contributed by atoms with Crippen molar-refractivity contribution in [3.63, 3.8) is 0 Å². The first-order chi connectivity index (χ1) is 8.33. The van der Waals surface area contributed by atoms with E-state index in [1.54, 1.807) is 0 Å². The third-order valence-corrected chi connectivity index (χ3v) is 3.24. The van der Waals surface area contributed by atoms with Crippen molar-refractivity contribution >= 4 is 5.78 Å². The van der Waals surface area contributed by atoms with Crippen molar-refractivity contribution in [3.8, 4) is 5.75 Å². The quantitative estimate of drug-likeness (QED) is 0.570. The van der Waals surface area contributed by atoms with Gasteiger partial charge in [0.05, 0.1) is 12.2 Å². The second-order valence-corrected chi connectivity index (χ2v) is 4.63. The molecular formula is C15H20O2. The normalized spacial score (nSPS) is 13.9. The monoisotopic (exact) mass is 232 g/mol. The van der Waals surface area contributed by atoms with Crippen LogP contribution in [-0.2, 0) is 6.42 Å². The molecule has 1 aliphatic rings. The SMILES string of the molecule is CCCCCC(=O)c1cccc2c1OCCC2. The Hall–Kier alpha value is -1.31. The van der Waals surface area contributed by atoms with E-state index in [1.807, 2.05) is 12.1 Å². The maximum Gasteiger partial charge on any atom is 0.166 e. The zero-order valence-electron chi connectivity index (χ0n) is 10.5. The average molecular weight is 232 g/mol. The van der Waals surface area contributed by atoms with Gasteiger partial charge in [0.1, 0.15) is 5.75 Å². The average Bonchev–Trinajstić information content (AvgIpc) is 2.38. The van der Waals surface area contributed by atoms with Crippen LogP contribution in [0.25, 0.3) is 0 Å². The number of fused-ring (bicyclic) bond motifs is 1. The summed E-state index contributed by atoms with van der Waals surface area (Å²) >= 11 is 0. The van der Waals surface area contributed by atoms with E-state index < -0.39 is 0 Å². The van der Waals surface area contributed by atoms with Crippen molar-refractivity contribution in [2.75, 3.05) is 6.61 Å². The van der Waals surface area contributed by atoms with Crippen LogP contribution >= 0.6 is 0 Å². The molecule has 2 nitrogen and oxygen atoms in total. The predicted octanol–water partition coefficient (Wildman–Crippen LogP) is 3.77. The van der Waals surface area contributed by atoms with Gasteiger partial charge in [0.25, 0.3) is 0 Å². The van der Waals surface area contributed by atoms with Gasteiger partial charge in [0, 0.05) is 6.42 Å². The number of benzene rings is 1. The van der Waals surface area contributed by atoms with Crippen LogP contribution in [-0.4, -0.2) is 12.4 Å². The summed E-state index contributed by atoms with van der Waals surface area (Å²) < 4.78 is 5.66. The number of unbranched alkanes of at least 4 members (excludes halogenated alkanes) is 2. The van der Waals surface area contributed by atoms with Gasteiger partial charge in [-0.15, -0.1) is 0 Å². The fraction of sp³-hybridized carbons (Fsp3) is 0.533. The van der Waals surface area contributed by atoms with Gasteiger partial charge < -0.3 is 4.74 Å². The number of hydrogen-bond donors (Lipinski definition) is 0. The number of para-hydroxylation sites is 1. The molecular weight excluding hydrogens is 212 g/mol. The third kappa shape index (κ3) is 2.87. The Morgan fingerprint density at radius 2 is 2.24 bits per heavy atom. The lowest BCUT2D eigenvalue weighted by atomic mass is 9.98. The molecule has 0 saturated heterocycles. The van der Waals surface area contributed by atoms with Crippen LogP contribution in [0.5, 0.6) is 5.75 Å². The van der Waals surface area contributed by atoms with Gasteiger partial charge in [-0.1, -0.05) is 31.9 Å². The molecule has 1 heterocycles. The molecule has 1 aromatic rings. The van der Waals surface area contributed by atoms with Gasteiger partial charge >= 0.3 is 0 Å². The molecule has 2 rings (SSSR count). The molecule has 0 aliphatic carbocycles. The molecule has 0 bridgehead atoms. The van der Waals surface area contributed by atoms with Gasteiger partial charge in [-0.05, 0) is 30.9 Å². The number of carbonyl (C=O) groups excluding carboxylic acids is 1. The number of aryl methyl sites for hydroxylation is 1. The highest BCUT2D eigenvalue weighted by atomic mass is 16.5. The Bertz CT molecular complexity index is 396. The molecule has 0 atom stereocenters. The molecule has 92 valence electrons. The molecule has 2 heteroatoms. The lowest BCUT2D eigenvalue weighted by molar-refractivity contribution is 0.0974. The largest absolute Gasteiger partial charge is 0.493 e. The first kappa shape index (κ1) is 12.2. The molecule has 0 N–H and O–H groups in total. The van der Waals surface area contributed by atoms with Crippen LogP contribution < -0.4 is 4.74 Å². The van der Waals surface area contributed by atoms with Gasteiger partial charge in [0.2, 0.25) is 0 Å². The molecule has 0 fully saturated rings. The summed E-state index contributed by atoms with van der Waals surface area (Å²) in [7, 11) is 0. The van der Waals surface area contributed by atoms with Crippen molar-refractivity contribution in [1.82, 2.24) is 0 Å². The van der Waals surface area contributed by atoms with E-state index in [0.717, 1.165) is 50.0 Å². The molecule has 1 aromatic carbocycles. The van der Waals surface area contributed by atoms with E-state index in [9.17, 15) is 4.79 Å². The Labute approximate surface area is 103 Å². The van der Waals surface area contributed by atoms with Crippen LogP contribution in [0.4, 0.5) is 0 Å². The van der Waals surface area contributed by atoms with Gasteiger partial charge in [-0.2, -0.15) is 0 Å². The number of hydrogen-bond acceptors (Lipinski definition) is 2. The highest BCUT2D eigenvalue weighted by Gasteiger charge is 2.18. The Morgan fingerprint density at radius 1 is 1.35 bits per heavy atom. The van der Waals surface area contributed by atoms with Crippen molar-refractivity contribution in [1.29, 1.82) is 0 Å². The van der Waals surface area contributed by atoms with E-state index in [-0.39, 0.29) is 5.78 Å². The van der Waals surface area contributed by atoms with Crippen molar-refractivity contribution < 1.29 is 9.53 Å². The fourth-order valence-corrected chi connectivity index (χ4v) is 2.28. The van der Waals surface area contributed by atoms with Crippen LogP contribution in [0.1, 0.15) is 54.9 Å². The Balaban J connectivity index is 2.12. The lowest BCUT2D eigenvalue weighted by Crippen LogP contribution is -2.12. The zero-order valence-corrected chi connectivity index (χ0v) is 10.5. The number of carbonyl (C=O) groups is 1. The van der Waals surface area contributed by atoms with Gasteiger partial charge in [-0.3, -0.25) is 4.79 Å². The Morgan fingerprint density at radius 3 is 3.06 bits per heavy atom. The smallest absolute Gasteiger partial charge is 0.166 e. The summed E-state index contributed by atoms with van der Waals surface area (Å²) in [4.78, 5) is 12.1. The molecule has 0 unspecified atom stereocenters.